The fraction of sp³-hybridized carbons (Fsp3) is 0.333. The summed E-state index contributed by atoms with van der Waals surface area (Å²) in [6, 6.07) is 7.59. The SMILES string of the molecule is C[C@@H]1CN(c2ncc(CC(=O)Nc3cc(F)c4nn(C)cc4c3)c3ncccc23)C[C@H](C)N1. The van der Waals surface area contributed by atoms with Gasteiger partial charge in [0.15, 0.2) is 5.82 Å². The van der Waals surface area contributed by atoms with Crippen molar-refractivity contribution in [1.29, 1.82) is 0 Å². The van der Waals surface area contributed by atoms with Crippen molar-refractivity contribution in [2.24, 2.45) is 7.05 Å². The molecule has 1 saturated heterocycles. The van der Waals surface area contributed by atoms with Crippen molar-refractivity contribution >= 4 is 39.2 Å². The smallest absolute Gasteiger partial charge is 0.228 e. The molecule has 33 heavy (non-hydrogen) atoms. The third-order valence-corrected chi connectivity index (χ3v) is 5.86. The standard InChI is InChI=1S/C24H26FN7O/c1-14-11-32(12-15(2)28-14)24-19-5-4-6-26-22(19)16(10-27-24)8-21(33)29-18-7-17-13-31(3)30-23(17)20(25)9-18/h4-7,9-10,13-15,28H,8,11-12H2,1-3H3,(H,29,33)/t14-,15+. The maximum atomic E-state index is 14.4. The largest absolute Gasteiger partial charge is 0.353 e. The van der Waals surface area contributed by atoms with Gasteiger partial charge in [-0.2, -0.15) is 5.10 Å². The molecule has 9 heteroatoms. The fourth-order valence-corrected chi connectivity index (χ4v) is 4.65. The molecule has 0 saturated carbocycles. The molecule has 4 aromatic rings. The van der Waals surface area contributed by atoms with E-state index in [1.165, 1.54) is 6.07 Å². The lowest BCUT2D eigenvalue weighted by Crippen LogP contribution is -2.54. The Bertz CT molecular complexity index is 1340. The van der Waals surface area contributed by atoms with E-state index in [-0.39, 0.29) is 17.8 Å². The third-order valence-electron chi connectivity index (χ3n) is 5.86. The summed E-state index contributed by atoms with van der Waals surface area (Å²) < 4.78 is 15.9. The molecule has 2 N–H and O–H groups in total. The lowest BCUT2D eigenvalue weighted by Gasteiger charge is -2.37. The van der Waals surface area contributed by atoms with E-state index in [1.54, 1.807) is 36.4 Å². The van der Waals surface area contributed by atoms with Gasteiger partial charge in [0, 0.05) is 72.8 Å². The Labute approximate surface area is 190 Å². The highest BCUT2D eigenvalue weighted by molar-refractivity contribution is 5.98. The maximum absolute atomic E-state index is 14.4. The van der Waals surface area contributed by atoms with Crippen LogP contribution < -0.4 is 15.5 Å². The van der Waals surface area contributed by atoms with E-state index in [2.05, 4.69) is 39.5 Å². The van der Waals surface area contributed by atoms with Gasteiger partial charge in [-0.15, -0.1) is 0 Å². The number of aromatic nitrogens is 4. The highest BCUT2D eigenvalue weighted by Gasteiger charge is 2.24. The molecule has 170 valence electrons. The molecule has 5 rings (SSSR count). The Morgan fingerprint density at radius 1 is 1.21 bits per heavy atom. The average Bonchev–Trinajstić information content (AvgIpc) is 3.14. The molecule has 3 aromatic heterocycles. The zero-order valence-corrected chi connectivity index (χ0v) is 18.8. The summed E-state index contributed by atoms with van der Waals surface area (Å²) in [4.78, 5) is 24.4. The fourth-order valence-electron chi connectivity index (χ4n) is 4.65. The van der Waals surface area contributed by atoms with Crippen LogP contribution in [0.4, 0.5) is 15.9 Å². The van der Waals surface area contributed by atoms with E-state index < -0.39 is 5.82 Å². The van der Waals surface area contributed by atoms with Gasteiger partial charge in [-0.25, -0.2) is 9.37 Å². The van der Waals surface area contributed by atoms with Crippen LogP contribution in [0.15, 0.2) is 42.9 Å². The molecule has 0 spiro atoms. The Balaban J connectivity index is 1.41. The highest BCUT2D eigenvalue weighted by atomic mass is 19.1. The molecular formula is C24H26FN7O. The Kier molecular flexibility index (Phi) is 5.41. The zero-order chi connectivity index (χ0) is 23.1. The number of piperazine rings is 1. The Morgan fingerprint density at radius 2 is 2.00 bits per heavy atom. The molecule has 8 nitrogen and oxygen atoms in total. The molecule has 0 radical (unpaired) electrons. The molecule has 2 atom stereocenters. The van der Waals surface area contributed by atoms with Crippen LogP contribution >= 0.6 is 0 Å². The minimum Gasteiger partial charge on any atom is -0.353 e. The summed E-state index contributed by atoms with van der Waals surface area (Å²) in [5.74, 6) is 0.149. The monoisotopic (exact) mass is 447 g/mol. The van der Waals surface area contributed by atoms with Gasteiger partial charge in [-0.1, -0.05) is 0 Å². The van der Waals surface area contributed by atoms with E-state index >= 15 is 0 Å². The molecule has 0 bridgehead atoms. The number of nitrogens with zero attached hydrogens (tertiary/aromatic N) is 5. The Hall–Kier alpha value is -3.59. The van der Waals surface area contributed by atoms with E-state index in [0.29, 0.717) is 23.2 Å². The van der Waals surface area contributed by atoms with Crippen molar-refractivity contribution in [3.05, 3.63) is 54.2 Å². The molecule has 1 aliphatic rings. The number of benzene rings is 1. The number of nitrogens with one attached hydrogen (secondary N) is 2. The number of amides is 1. The van der Waals surface area contributed by atoms with Crippen LogP contribution in [0.3, 0.4) is 0 Å². The second kappa shape index (κ2) is 8.40. The first-order valence-corrected chi connectivity index (χ1v) is 11.0. The van der Waals surface area contributed by atoms with Crippen molar-refractivity contribution in [3.8, 4) is 0 Å². The van der Waals surface area contributed by atoms with E-state index in [9.17, 15) is 9.18 Å². The molecule has 1 aliphatic heterocycles. The van der Waals surface area contributed by atoms with Crippen LogP contribution in [0.5, 0.6) is 0 Å². The van der Waals surface area contributed by atoms with Gasteiger partial charge in [0.05, 0.1) is 11.9 Å². The van der Waals surface area contributed by atoms with Gasteiger partial charge < -0.3 is 15.5 Å². The second-order valence-corrected chi connectivity index (χ2v) is 8.80. The normalized spacial score (nSPS) is 18.7. The molecule has 0 aliphatic carbocycles. The number of pyridine rings is 2. The van der Waals surface area contributed by atoms with Gasteiger partial charge in [-0.3, -0.25) is 14.5 Å². The first kappa shape index (κ1) is 21.3. The molecule has 0 unspecified atom stereocenters. The molecular weight excluding hydrogens is 421 g/mol. The number of carbonyl (C=O) groups is 1. The number of aryl methyl sites for hydroxylation is 1. The third kappa shape index (κ3) is 4.23. The number of rotatable bonds is 4. The molecule has 1 amide bonds. The first-order valence-electron chi connectivity index (χ1n) is 11.0. The van der Waals surface area contributed by atoms with Gasteiger partial charge in [0.25, 0.3) is 0 Å². The van der Waals surface area contributed by atoms with Crippen molar-refractivity contribution < 1.29 is 9.18 Å². The minimum atomic E-state index is -0.471. The van der Waals surface area contributed by atoms with Crippen LogP contribution in [0.25, 0.3) is 21.8 Å². The number of hydrogen-bond acceptors (Lipinski definition) is 6. The van der Waals surface area contributed by atoms with Crippen LogP contribution in [0.2, 0.25) is 0 Å². The first-order chi connectivity index (χ1) is 15.9. The number of halogens is 1. The van der Waals surface area contributed by atoms with Gasteiger partial charge in [-0.05, 0) is 38.1 Å². The lowest BCUT2D eigenvalue weighted by molar-refractivity contribution is -0.115. The quantitative estimate of drug-likeness (QED) is 0.500. The van der Waals surface area contributed by atoms with Gasteiger partial charge in [0.1, 0.15) is 11.3 Å². The summed E-state index contributed by atoms with van der Waals surface area (Å²) in [7, 11) is 1.73. The predicted molar refractivity (Wildman–Crippen MR) is 127 cm³/mol. The van der Waals surface area contributed by atoms with Gasteiger partial charge in [0.2, 0.25) is 5.91 Å². The van der Waals surface area contributed by atoms with Crippen LogP contribution in [-0.2, 0) is 18.3 Å². The summed E-state index contributed by atoms with van der Waals surface area (Å²) in [6.45, 7) is 6.02. The molecule has 4 heterocycles. The number of carbonyl (C=O) groups excluding carboxylic acids is 1. The summed E-state index contributed by atoms with van der Waals surface area (Å²) in [6.07, 6.45) is 5.25. The summed E-state index contributed by atoms with van der Waals surface area (Å²) >= 11 is 0. The van der Waals surface area contributed by atoms with Crippen LogP contribution in [-0.4, -0.2) is 50.8 Å². The van der Waals surface area contributed by atoms with Crippen molar-refractivity contribution in [2.45, 2.75) is 32.4 Å². The predicted octanol–water partition coefficient (Wildman–Crippen LogP) is 3.02. The van der Waals surface area contributed by atoms with E-state index in [1.807, 2.05) is 12.1 Å². The topological polar surface area (TPSA) is 88.0 Å². The maximum Gasteiger partial charge on any atom is 0.228 e. The minimum absolute atomic E-state index is 0.0852. The molecule has 1 aromatic carbocycles. The van der Waals surface area contributed by atoms with Crippen molar-refractivity contribution in [1.82, 2.24) is 25.1 Å². The second-order valence-electron chi connectivity index (χ2n) is 8.80. The van der Waals surface area contributed by atoms with Crippen LogP contribution in [0, 0.1) is 5.82 Å². The number of fused-ring (bicyclic) bond motifs is 2. The number of hydrogen-bond donors (Lipinski definition) is 2. The number of anilines is 2. The van der Waals surface area contributed by atoms with Crippen LogP contribution in [0.1, 0.15) is 19.4 Å². The van der Waals surface area contributed by atoms with Crippen molar-refractivity contribution in [2.75, 3.05) is 23.3 Å². The summed E-state index contributed by atoms with van der Waals surface area (Å²) in [5, 5.41) is 12.0. The average molecular weight is 448 g/mol. The summed E-state index contributed by atoms with van der Waals surface area (Å²) in [5.41, 5.74) is 2.15. The Morgan fingerprint density at radius 3 is 2.79 bits per heavy atom. The van der Waals surface area contributed by atoms with Gasteiger partial charge >= 0.3 is 0 Å². The van der Waals surface area contributed by atoms with E-state index in [4.69, 9.17) is 4.98 Å². The zero-order valence-electron chi connectivity index (χ0n) is 18.8. The lowest BCUT2D eigenvalue weighted by atomic mass is 10.1. The van der Waals surface area contributed by atoms with Crippen molar-refractivity contribution in [3.63, 3.8) is 0 Å². The molecule has 1 fully saturated rings. The van der Waals surface area contributed by atoms with E-state index in [0.717, 1.165) is 35.4 Å². The highest BCUT2D eigenvalue weighted by Crippen LogP contribution is 2.28.